The molecular weight excluding hydrogens is 507 g/mol. The normalized spacial score (nSPS) is 11.7. The molecule has 4 heterocycles. The van der Waals surface area contributed by atoms with E-state index in [9.17, 15) is 18.0 Å². The highest BCUT2D eigenvalue weighted by Crippen LogP contribution is 2.31. The molecule has 0 N–H and O–H groups in total. The largest absolute Gasteiger partial charge is 0.487 e. The molecule has 0 aliphatic rings. The van der Waals surface area contributed by atoms with Gasteiger partial charge in [-0.15, -0.1) is 0 Å². The summed E-state index contributed by atoms with van der Waals surface area (Å²) in [5.41, 5.74) is 1.64. The molecule has 0 fully saturated rings. The van der Waals surface area contributed by atoms with Gasteiger partial charge in [-0.2, -0.15) is 13.2 Å². The number of fused-ring (bicyclic) bond motifs is 1. The third-order valence-electron chi connectivity index (χ3n) is 5.82. The Morgan fingerprint density at radius 2 is 1.92 bits per heavy atom. The molecule has 0 aliphatic heterocycles. The monoisotopic (exact) mass is 525 g/mol. The van der Waals surface area contributed by atoms with Crippen molar-refractivity contribution in [3.05, 3.63) is 111 Å². The Morgan fingerprint density at radius 1 is 1.08 bits per heavy atom. The molecule has 0 unspecified atom stereocenters. The molecule has 0 amide bonds. The summed E-state index contributed by atoms with van der Waals surface area (Å²) in [4.78, 5) is 25.2. The highest BCUT2D eigenvalue weighted by molar-refractivity contribution is 6.31. The third-order valence-corrected chi connectivity index (χ3v) is 6.15. The molecule has 0 saturated carbocycles. The number of halogens is 4. The molecule has 4 aromatic heterocycles. The summed E-state index contributed by atoms with van der Waals surface area (Å²) in [6.07, 6.45) is 4.70. The van der Waals surface area contributed by atoms with Gasteiger partial charge in [0.1, 0.15) is 17.9 Å². The minimum absolute atomic E-state index is 0.0269. The summed E-state index contributed by atoms with van der Waals surface area (Å²) in [7, 11) is 0. The van der Waals surface area contributed by atoms with Gasteiger partial charge in [0.25, 0.3) is 5.56 Å². The number of pyridine rings is 3. The van der Waals surface area contributed by atoms with Crippen LogP contribution in [0.1, 0.15) is 22.4 Å². The molecule has 5 aromatic rings. The summed E-state index contributed by atoms with van der Waals surface area (Å²) < 4.78 is 48.0. The number of nitrogens with zero attached hydrogens (tertiary/aromatic N) is 5. The lowest BCUT2D eigenvalue weighted by atomic mass is 10.1. The van der Waals surface area contributed by atoms with Gasteiger partial charge in [0.15, 0.2) is 0 Å². The lowest BCUT2D eigenvalue weighted by Crippen LogP contribution is -2.22. The Kier molecular flexibility index (Phi) is 6.43. The smallest absolute Gasteiger partial charge is 0.416 e. The van der Waals surface area contributed by atoms with E-state index in [1.807, 2.05) is 35.9 Å². The van der Waals surface area contributed by atoms with E-state index in [4.69, 9.17) is 16.3 Å². The van der Waals surface area contributed by atoms with E-state index in [1.54, 1.807) is 18.6 Å². The van der Waals surface area contributed by atoms with Crippen molar-refractivity contribution < 1.29 is 17.9 Å². The van der Waals surface area contributed by atoms with E-state index in [0.29, 0.717) is 33.5 Å². The zero-order valence-corrected chi connectivity index (χ0v) is 20.2. The molecule has 188 valence electrons. The van der Waals surface area contributed by atoms with E-state index in [0.717, 1.165) is 33.6 Å². The van der Waals surface area contributed by atoms with Gasteiger partial charge in [0, 0.05) is 53.7 Å². The number of rotatable bonds is 6. The Hall–Kier alpha value is -4.18. The minimum Gasteiger partial charge on any atom is -0.487 e. The zero-order chi connectivity index (χ0) is 26.2. The second kappa shape index (κ2) is 9.70. The Bertz CT molecular complexity index is 1650. The quantitative estimate of drug-likeness (QED) is 0.289. The van der Waals surface area contributed by atoms with Crippen LogP contribution in [0.15, 0.2) is 78.5 Å². The summed E-state index contributed by atoms with van der Waals surface area (Å²) in [5.74, 6) is 0.521. The number of hydrogen-bond acceptors (Lipinski definition) is 5. The Morgan fingerprint density at radius 3 is 2.65 bits per heavy atom. The first-order valence-corrected chi connectivity index (χ1v) is 11.5. The van der Waals surface area contributed by atoms with Crippen LogP contribution in [-0.2, 0) is 19.3 Å². The van der Waals surface area contributed by atoms with Gasteiger partial charge in [-0.3, -0.25) is 9.78 Å². The number of hydrogen-bond donors (Lipinski definition) is 0. The highest BCUT2D eigenvalue weighted by atomic mass is 35.5. The van der Waals surface area contributed by atoms with Gasteiger partial charge >= 0.3 is 6.18 Å². The van der Waals surface area contributed by atoms with Gasteiger partial charge in [0.2, 0.25) is 0 Å². The summed E-state index contributed by atoms with van der Waals surface area (Å²) in [5, 5.41) is 1.17. The first kappa shape index (κ1) is 24.5. The van der Waals surface area contributed by atoms with E-state index < -0.39 is 17.3 Å². The van der Waals surface area contributed by atoms with Gasteiger partial charge in [-0.1, -0.05) is 23.7 Å². The van der Waals surface area contributed by atoms with E-state index in [2.05, 4.69) is 15.0 Å². The predicted octanol–water partition coefficient (Wildman–Crippen LogP) is 5.59. The molecule has 0 atom stereocenters. The van der Waals surface area contributed by atoms with Crippen molar-refractivity contribution in [1.82, 2.24) is 24.1 Å². The maximum Gasteiger partial charge on any atom is 0.416 e. The average molecular weight is 526 g/mol. The molecule has 5 rings (SSSR count). The number of alkyl halides is 3. The van der Waals surface area contributed by atoms with Crippen molar-refractivity contribution in [2.24, 2.45) is 0 Å². The van der Waals surface area contributed by atoms with Crippen LogP contribution < -0.4 is 10.3 Å². The highest BCUT2D eigenvalue weighted by Gasteiger charge is 2.31. The van der Waals surface area contributed by atoms with Crippen molar-refractivity contribution in [2.75, 3.05) is 0 Å². The first-order valence-electron chi connectivity index (χ1n) is 11.1. The van der Waals surface area contributed by atoms with Gasteiger partial charge < -0.3 is 13.9 Å². The summed E-state index contributed by atoms with van der Waals surface area (Å²) in [6.45, 7) is 1.89. The third kappa shape index (κ3) is 5.05. The molecule has 1 aromatic carbocycles. The fourth-order valence-electron chi connectivity index (χ4n) is 4.01. The number of ether oxygens (including phenoxy) is 1. The van der Waals surface area contributed by atoms with Crippen LogP contribution in [0.25, 0.3) is 16.6 Å². The molecular formula is C26H19ClF3N5O2. The van der Waals surface area contributed by atoms with Gasteiger partial charge in [-0.05, 0) is 30.7 Å². The van der Waals surface area contributed by atoms with Crippen molar-refractivity contribution in [3.63, 3.8) is 0 Å². The molecule has 37 heavy (non-hydrogen) atoms. The van der Waals surface area contributed by atoms with E-state index in [-0.39, 0.29) is 13.2 Å². The topological polar surface area (TPSA) is 74.8 Å². The molecule has 0 bridgehead atoms. The van der Waals surface area contributed by atoms with Crippen LogP contribution in [0.5, 0.6) is 5.75 Å². The van der Waals surface area contributed by atoms with Crippen molar-refractivity contribution in [1.29, 1.82) is 0 Å². The lowest BCUT2D eigenvalue weighted by Gasteiger charge is -2.16. The molecule has 11 heteroatoms. The maximum absolute atomic E-state index is 12.9. The number of aromatic nitrogens is 5. The molecule has 7 nitrogen and oxygen atoms in total. The number of para-hydroxylation sites is 1. The number of benzene rings is 1. The standard InChI is InChI=1S/C26H19ClF3N5O2/c1-16-9-22(35-8-6-31-15-35)19-3-2-4-23(25(19)33-16)37-14-20-17(11-32-12-21(20)27)13-34-7-5-18(10-24(34)36)26(28,29)30/h2-12,15H,13-14H2,1H3. The van der Waals surface area contributed by atoms with E-state index >= 15 is 0 Å². The minimum atomic E-state index is -4.60. The second-order valence-corrected chi connectivity index (χ2v) is 8.74. The average Bonchev–Trinajstić information content (AvgIpc) is 3.39. The zero-order valence-electron chi connectivity index (χ0n) is 19.4. The number of aryl methyl sites for hydroxylation is 1. The van der Waals surface area contributed by atoms with Crippen LogP contribution in [0.3, 0.4) is 0 Å². The number of imidazole rings is 1. The summed E-state index contributed by atoms with van der Waals surface area (Å²) >= 11 is 6.42. The van der Waals surface area contributed by atoms with Crippen molar-refractivity contribution in [3.8, 4) is 11.4 Å². The van der Waals surface area contributed by atoms with Crippen LogP contribution >= 0.6 is 11.6 Å². The fourth-order valence-corrected chi connectivity index (χ4v) is 4.24. The van der Waals surface area contributed by atoms with Crippen molar-refractivity contribution >= 4 is 22.5 Å². The maximum atomic E-state index is 12.9. The second-order valence-electron chi connectivity index (χ2n) is 8.33. The molecule has 0 aliphatic carbocycles. The Labute approximate surface area is 213 Å². The van der Waals surface area contributed by atoms with Gasteiger partial charge in [0.05, 0.1) is 29.1 Å². The fraction of sp³-hybridized carbons (Fsp3) is 0.154. The Balaban J connectivity index is 1.46. The molecule has 0 saturated heterocycles. The van der Waals surface area contributed by atoms with Crippen LogP contribution in [0.4, 0.5) is 13.2 Å². The van der Waals surface area contributed by atoms with E-state index in [1.165, 1.54) is 12.4 Å². The summed E-state index contributed by atoms with van der Waals surface area (Å²) in [6, 6.07) is 8.96. The molecule has 0 radical (unpaired) electrons. The lowest BCUT2D eigenvalue weighted by molar-refractivity contribution is -0.137. The first-order chi connectivity index (χ1) is 17.7. The van der Waals surface area contributed by atoms with Crippen LogP contribution in [-0.4, -0.2) is 24.1 Å². The van der Waals surface area contributed by atoms with Crippen LogP contribution in [0, 0.1) is 6.92 Å². The van der Waals surface area contributed by atoms with Gasteiger partial charge in [-0.25, -0.2) is 9.97 Å². The van der Waals surface area contributed by atoms with Crippen molar-refractivity contribution in [2.45, 2.75) is 26.3 Å². The molecule has 0 spiro atoms. The SMILES string of the molecule is Cc1cc(-n2ccnc2)c2cccc(OCc3c(Cl)cncc3Cn3ccc(C(F)(F)F)cc3=O)c2n1. The predicted molar refractivity (Wildman–Crippen MR) is 132 cm³/mol. The van der Waals surface area contributed by atoms with Crippen LogP contribution in [0.2, 0.25) is 5.02 Å².